The number of nitrogens with one attached hydrogen (secondary N) is 1. The SMILES string of the molecule is N#Cc1ccc(NCC(O)COC2CCCCC2)c(Cl)c1. The molecule has 0 aromatic heterocycles. The molecule has 2 rings (SSSR count). The van der Waals surface area contributed by atoms with Crippen LogP contribution in [-0.2, 0) is 4.74 Å². The Morgan fingerprint density at radius 1 is 1.38 bits per heavy atom. The number of halogens is 1. The molecular weight excluding hydrogens is 288 g/mol. The number of benzene rings is 1. The van der Waals surface area contributed by atoms with Crippen molar-refractivity contribution < 1.29 is 9.84 Å². The second-order valence-electron chi connectivity index (χ2n) is 5.43. The van der Waals surface area contributed by atoms with E-state index in [1.807, 2.05) is 6.07 Å². The Kier molecular flexibility index (Phi) is 6.31. The molecule has 21 heavy (non-hydrogen) atoms. The third-order valence-electron chi connectivity index (χ3n) is 3.70. The number of nitrogens with zero attached hydrogens (tertiary/aromatic N) is 1. The first kappa shape index (κ1) is 16.1. The van der Waals surface area contributed by atoms with Crippen LogP contribution in [0.1, 0.15) is 37.7 Å². The molecule has 1 atom stereocenters. The summed E-state index contributed by atoms with van der Waals surface area (Å²) in [6.45, 7) is 0.712. The summed E-state index contributed by atoms with van der Waals surface area (Å²) in [7, 11) is 0. The molecule has 1 aromatic carbocycles. The molecule has 1 aliphatic carbocycles. The van der Waals surface area contributed by atoms with Gasteiger partial charge in [0.2, 0.25) is 0 Å². The van der Waals surface area contributed by atoms with Crippen LogP contribution in [0.15, 0.2) is 18.2 Å². The van der Waals surface area contributed by atoms with Gasteiger partial charge >= 0.3 is 0 Å². The van der Waals surface area contributed by atoms with Gasteiger partial charge < -0.3 is 15.2 Å². The molecule has 1 aliphatic rings. The van der Waals surface area contributed by atoms with Crippen LogP contribution in [0.25, 0.3) is 0 Å². The van der Waals surface area contributed by atoms with Crippen molar-refractivity contribution in [1.82, 2.24) is 0 Å². The van der Waals surface area contributed by atoms with Gasteiger partial charge in [0.05, 0.1) is 41.2 Å². The Morgan fingerprint density at radius 2 is 2.14 bits per heavy atom. The summed E-state index contributed by atoms with van der Waals surface area (Å²) >= 11 is 6.06. The van der Waals surface area contributed by atoms with Crippen molar-refractivity contribution >= 4 is 17.3 Å². The largest absolute Gasteiger partial charge is 0.389 e. The van der Waals surface area contributed by atoms with Crippen LogP contribution in [0.4, 0.5) is 5.69 Å². The van der Waals surface area contributed by atoms with Crippen molar-refractivity contribution in [2.45, 2.75) is 44.3 Å². The fourth-order valence-corrected chi connectivity index (χ4v) is 2.74. The Bertz CT molecular complexity index is 496. The highest BCUT2D eigenvalue weighted by Crippen LogP contribution is 2.23. The molecule has 5 heteroatoms. The van der Waals surface area contributed by atoms with Crippen LogP contribution >= 0.6 is 11.6 Å². The number of ether oxygens (including phenoxy) is 1. The predicted molar refractivity (Wildman–Crippen MR) is 83.5 cm³/mol. The second-order valence-corrected chi connectivity index (χ2v) is 5.84. The molecule has 1 aromatic rings. The van der Waals surface area contributed by atoms with Crippen LogP contribution in [0.2, 0.25) is 5.02 Å². The lowest BCUT2D eigenvalue weighted by molar-refractivity contribution is -0.0195. The van der Waals surface area contributed by atoms with Gasteiger partial charge in [-0.05, 0) is 31.0 Å². The molecule has 0 aliphatic heterocycles. The highest BCUT2D eigenvalue weighted by atomic mass is 35.5. The minimum atomic E-state index is -0.571. The molecule has 0 saturated heterocycles. The van der Waals surface area contributed by atoms with Crippen molar-refractivity contribution in [3.63, 3.8) is 0 Å². The monoisotopic (exact) mass is 308 g/mol. The van der Waals surface area contributed by atoms with Crippen molar-refractivity contribution in [1.29, 1.82) is 5.26 Å². The second kappa shape index (κ2) is 8.23. The van der Waals surface area contributed by atoms with E-state index in [1.165, 1.54) is 19.3 Å². The zero-order valence-corrected chi connectivity index (χ0v) is 12.8. The lowest BCUT2D eigenvalue weighted by atomic mass is 9.98. The smallest absolute Gasteiger partial charge is 0.0992 e. The van der Waals surface area contributed by atoms with Gasteiger partial charge in [-0.25, -0.2) is 0 Å². The minimum Gasteiger partial charge on any atom is -0.389 e. The third-order valence-corrected chi connectivity index (χ3v) is 4.02. The van der Waals surface area contributed by atoms with Crippen LogP contribution in [0, 0.1) is 11.3 Å². The zero-order valence-electron chi connectivity index (χ0n) is 12.0. The molecular formula is C16H21ClN2O2. The Balaban J connectivity index is 1.73. The lowest BCUT2D eigenvalue weighted by Crippen LogP contribution is -2.28. The van der Waals surface area contributed by atoms with Crippen LogP contribution < -0.4 is 5.32 Å². The fourth-order valence-electron chi connectivity index (χ4n) is 2.49. The molecule has 114 valence electrons. The number of nitriles is 1. The van der Waals surface area contributed by atoms with E-state index in [1.54, 1.807) is 18.2 Å². The van der Waals surface area contributed by atoms with Crippen LogP contribution in [0.5, 0.6) is 0 Å². The number of anilines is 1. The first-order valence-electron chi connectivity index (χ1n) is 7.42. The summed E-state index contributed by atoms with van der Waals surface area (Å²) in [5, 5.41) is 22.3. The Labute approximate surface area is 130 Å². The average molecular weight is 309 g/mol. The normalized spacial score (nSPS) is 17.2. The number of hydrogen-bond acceptors (Lipinski definition) is 4. The number of aliphatic hydroxyl groups is 1. The first-order valence-corrected chi connectivity index (χ1v) is 7.80. The van der Waals surface area contributed by atoms with Crippen molar-refractivity contribution in [3.05, 3.63) is 28.8 Å². The van der Waals surface area contributed by atoms with Gasteiger partial charge in [-0.15, -0.1) is 0 Å². The standard InChI is InChI=1S/C16H21ClN2O2/c17-15-8-12(9-18)6-7-16(15)19-10-13(20)11-21-14-4-2-1-3-5-14/h6-8,13-14,19-20H,1-5,10-11H2. The molecule has 2 N–H and O–H groups in total. The molecule has 4 nitrogen and oxygen atoms in total. The summed E-state index contributed by atoms with van der Waals surface area (Å²) in [6, 6.07) is 7.08. The third kappa shape index (κ3) is 5.20. The molecule has 1 unspecified atom stereocenters. The summed E-state index contributed by atoms with van der Waals surface area (Å²) < 4.78 is 5.73. The average Bonchev–Trinajstić information content (AvgIpc) is 2.52. The van der Waals surface area contributed by atoms with Crippen LogP contribution in [0.3, 0.4) is 0 Å². The van der Waals surface area contributed by atoms with E-state index < -0.39 is 6.10 Å². The highest BCUT2D eigenvalue weighted by Gasteiger charge is 2.15. The molecule has 0 heterocycles. The van der Waals surface area contributed by atoms with E-state index in [4.69, 9.17) is 21.6 Å². The first-order chi connectivity index (χ1) is 10.2. The maximum absolute atomic E-state index is 9.95. The molecule has 1 fully saturated rings. The minimum absolute atomic E-state index is 0.298. The van der Waals surface area contributed by atoms with E-state index in [2.05, 4.69) is 5.32 Å². The maximum Gasteiger partial charge on any atom is 0.0992 e. The lowest BCUT2D eigenvalue weighted by Gasteiger charge is -2.23. The zero-order chi connectivity index (χ0) is 15.1. The van der Waals surface area contributed by atoms with Gasteiger partial charge in [0.25, 0.3) is 0 Å². The molecule has 0 bridgehead atoms. The van der Waals surface area contributed by atoms with Crippen molar-refractivity contribution in [3.8, 4) is 6.07 Å². The summed E-state index contributed by atoms with van der Waals surface area (Å²) in [5.41, 5.74) is 1.24. The predicted octanol–water partition coefficient (Wildman–Crippen LogP) is 3.33. The van der Waals surface area contributed by atoms with E-state index in [-0.39, 0.29) is 0 Å². The van der Waals surface area contributed by atoms with Gasteiger partial charge in [0.15, 0.2) is 0 Å². The van der Waals surface area contributed by atoms with E-state index in [9.17, 15) is 5.11 Å². The highest BCUT2D eigenvalue weighted by molar-refractivity contribution is 6.33. The van der Waals surface area contributed by atoms with Crippen molar-refractivity contribution in [2.75, 3.05) is 18.5 Å². The molecule has 1 saturated carbocycles. The fraction of sp³-hybridized carbons (Fsp3) is 0.562. The van der Waals surface area contributed by atoms with Gasteiger partial charge in [0.1, 0.15) is 0 Å². The van der Waals surface area contributed by atoms with Crippen molar-refractivity contribution in [2.24, 2.45) is 0 Å². The molecule has 0 radical (unpaired) electrons. The molecule has 0 spiro atoms. The number of rotatable bonds is 6. The summed E-state index contributed by atoms with van der Waals surface area (Å²) in [4.78, 5) is 0. The van der Waals surface area contributed by atoms with Gasteiger partial charge in [-0.1, -0.05) is 30.9 Å². The van der Waals surface area contributed by atoms with Gasteiger partial charge in [0, 0.05) is 6.54 Å². The maximum atomic E-state index is 9.95. The van der Waals surface area contributed by atoms with E-state index in [0.29, 0.717) is 35.5 Å². The quantitative estimate of drug-likeness (QED) is 0.846. The van der Waals surface area contributed by atoms with E-state index in [0.717, 1.165) is 12.8 Å². The van der Waals surface area contributed by atoms with E-state index >= 15 is 0 Å². The summed E-state index contributed by atoms with van der Waals surface area (Å²) in [5.74, 6) is 0. The van der Waals surface area contributed by atoms with Crippen LogP contribution in [-0.4, -0.2) is 30.5 Å². The topological polar surface area (TPSA) is 65.3 Å². The summed E-state index contributed by atoms with van der Waals surface area (Å²) in [6.07, 6.45) is 5.66. The number of aliphatic hydroxyl groups excluding tert-OH is 1. The molecule has 0 amide bonds. The Morgan fingerprint density at radius 3 is 2.81 bits per heavy atom. The van der Waals surface area contributed by atoms with Gasteiger partial charge in [-0.3, -0.25) is 0 Å². The van der Waals surface area contributed by atoms with Gasteiger partial charge in [-0.2, -0.15) is 5.26 Å². The Hall–Kier alpha value is -1.28. The number of hydrogen-bond donors (Lipinski definition) is 2.